The minimum Gasteiger partial charge on any atom is -0.497 e. The van der Waals surface area contributed by atoms with E-state index in [1.807, 2.05) is 0 Å². The largest absolute Gasteiger partial charge is 0.497 e. The molecule has 0 aromatic heterocycles. The summed E-state index contributed by atoms with van der Waals surface area (Å²) in [6.45, 7) is 2.30. The van der Waals surface area contributed by atoms with Crippen LogP contribution in [0.15, 0.2) is 29.8 Å². The van der Waals surface area contributed by atoms with Gasteiger partial charge in [0.2, 0.25) is 0 Å². The molecule has 4 rings (SSSR count). The molecule has 0 aliphatic heterocycles. The van der Waals surface area contributed by atoms with Crippen molar-refractivity contribution in [3.05, 3.63) is 41.0 Å². The number of ether oxygens (including phenoxy) is 1. The highest BCUT2D eigenvalue weighted by Crippen LogP contribution is 2.59. The summed E-state index contributed by atoms with van der Waals surface area (Å²) in [5.41, 5.74) is 4.65. The van der Waals surface area contributed by atoms with Crippen molar-refractivity contribution in [3.8, 4) is 5.75 Å². The van der Waals surface area contributed by atoms with Crippen molar-refractivity contribution < 1.29 is 9.84 Å². The number of rotatable bonds is 1. The SMILES string of the molecule is COc1ccc2c(c1)CC=C1[C@H]3CC[C@H](O)[C@@]3(C)CC[C@@H]12. The van der Waals surface area contributed by atoms with Crippen molar-refractivity contribution >= 4 is 0 Å². The Morgan fingerprint density at radius 1 is 1.24 bits per heavy atom. The number of hydrogen-bond acceptors (Lipinski definition) is 2. The first-order valence-corrected chi connectivity index (χ1v) is 8.18. The van der Waals surface area contributed by atoms with Crippen LogP contribution in [0, 0.1) is 11.3 Å². The number of fused-ring (bicyclic) bond motifs is 5. The van der Waals surface area contributed by atoms with Gasteiger partial charge in [-0.1, -0.05) is 24.6 Å². The van der Waals surface area contributed by atoms with E-state index in [2.05, 4.69) is 31.2 Å². The molecule has 1 N–H and O–H groups in total. The molecule has 0 unspecified atom stereocenters. The van der Waals surface area contributed by atoms with Crippen molar-refractivity contribution in [2.45, 2.75) is 51.0 Å². The van der Waals surface area contributed by atoms with E-state index in [0.717, 1.165) is 31.4 Å². The topological polar surface area (TPSA) is 29.5 Å². The van der Waals surface area contributed by atoms with Crippen molar-refractivity contribution in [1.82, 2.24) is 0 Å². The molecule has 112 valence electrons. The lowest BCUT2D eigenvalue weighted by Crippen LogP contribution is -2.39. The fraction of sp³-hybridized carbons (Fsp3) is 0.579. The second-order valence-electron chi connectivity index (χ2n) is 7.22. The van der Waals surface area contributed by atoms with Crippen molar-refractivity contribution in [2.24, 2.45) is 11.3 Å². The van der Waals surface area contributed by atoms with Gasteiger partial charge in [0.25, 0.3) is 0 Å². The first kappa shape index (κ1) is 13.4. The van der Waals surface area contributed by atoms with E-state index < -0.39 is 0 Å². The van der Waals surface area contributed by atoms with E-state index in [1.165, 1.54) is 17.5 Å². The monoisotopic (exact) mass is 284 g/mol. The number of hydrogen-bond donors (Lipinski definition) is 1. The minimum absolute atomic E-state index is 0.110. The molecule has 2 nitrogen and oxygen atoms in total. The van der Waals surface area contributed by atoms with Gasteiger partial charge in [0.05, 0.1) is 13.2 Å². The summed E-state index contributed by atoms with van der Waals surface area (Å²) in [5, 5.41) is 10.4. The van der Waals surface area contributed by atoms with E-state index >= 15 is 0 Å². The third-order valence-electron chi connectivity index (χ3n) is 6.35. The maximum atomic E-state index is 10.4. The Bertz CT molecular complexity index is 604. The molecule has 4 atom stereocenters. The van der Waals surface area contributed by atoms with Crippen LogP contribution in [0.25, 0.3) is 0 Å². The highest BCUT2D eigenvalue weighted by Gasteiger charge is 2.51. The second kappa shape index (κ2) is 4.61. The lowest BCUT2D eigenvalue weighted by atomic mass is 9.59. The lowest BCUT2D eigenvalue weighted by Gasteiger charge is -2.46. The highest BCUT2D eigenvalue weighted by atomic mass is 16.5. The predicted molar refractivity (Wildman–Crippen MR) is 83.6 cm³/mol. The van der Waals surface area contributed by atoms with Crippen LogP contribution in [0.3, 0.4) is 0 Å². The summed E-state index contributed by atoms with van der Waals surface area (Å²) >= 11 is 0. The normalized spacial score (nSPS) is 37.3. The van der Waals surface area contributed by atoms with Gasteiger partial charge < -0.3 is 9.84 Å². The molecule has 0 bridgehead atoms. The van der Waals surface area contributed by atoms with Gasteiger partial charge in [0, 0.05) is 11.3 Å². The van der Waals surface area contributed by atoms with Gasteiger partial charge in [-0.15, -0.1) is 0 Å². The molecule has 0 heterocycles. The van der Waals surface area contributed by atoms with Crippen molar-refractivity contribution in [2.75, 3.05) is 7.11 Å². The predicted octanol–water partition coefficient (Wildman–Crippen LogP) is 3.83. The zero-order valence-electron chi connectivity index (χ0n) is 12.9. The van der Waals surface area contributed by atoms with Crippen LogP contribution >= 0.6 is 0 Å². The number of aliphatic hydroxyl groups is 1. The molecule has 1 aromatic carbocycles. The number of allylic oxidation sites excluding steroid dienone is 2. The van der Waals surface area contributed by atoms with Crippen LogP contribution in [-0.4, -0.2) is 18.3 Å². The van der Waals surface area contributed by atoms with Crippen LogP contribution in [0.4, 0.5) is 0 Å². The van der Waals surface area contributed by atoms with E-state index in [-0.39, 0.29) is 11.5 Å². The van der Waals surface area contributed by atoms with Gasteiger partial charge in [-0.2, -0.15) is 0 Å². The van der Waals surface area contributed by atoms with Crippen molar-refractivity contribution in [1.29, 1.82) is 0 Å². The molecule has 3 aliphatic carbocycles. The number of aliphatic hydroxyl groups excluding tert-OH is 1. The maximum Gasteiger partial charge on any atom is 0.119 e. The molecule has 0 saturated heterocycles. The molecular weight excluding hydrogens is 260 g/mol. The summed E-state index contributed by atoms with van der Waals surface area (Å²) in [6.07, 6.45) is 7.81. The quantitative estimate of drug-likeness (QED) is 0.794. The van der Waals surface area contributed by atoms with Gasteiger partial charge in [-0.25, -0.2) is 0 Å². The highest BCUT2D eigenvalue weighted by molar-refractivity contribution is 5.47. The zero-order chi connectivity index (χ0) is 14.6. The average molecular weight is 284 g/mol. The van der Waals surface area contributed by atoms with E-state index in [1.54, 1.807) is 12.7 Å². The zero-order valence-corrected chi connectivity index (χ0v) is 12.9. The smallest absolute Gasteiger partial charge is 0.119 e. The summed E-state index contributed by atoms with van der Waals surface area (Å²) in [4.78, 5) is 0. The van der Waals surface area contributed by atoms with Crippen LogP contribution in [0.5, 0.6) is 5.75 Å². The Morgan fingerprint density at radius 2 is 2.10 bits per heavy atom. The molecular formula is C19H24O2. The molecule has 2 saturated carbocycles. The van der Waals surface area contributed by atoms with Gasteiger partial charge in [0.15, 0.2) is 0 Å². The molecule has 0 spiro atoms. The van der Waals surface area contributed by atoms with E-state index in [4.69, 9.17) is 4.74 Å². The van der Waals surface area contributed by atoms with Crippen LogP contribution < -0.4 is 4.74 Å². The van der Waals surface area contributed by atoms with Crippen LogP contribution in [-0.2, 0) is 6.42 Å². The Hall–Kier alpha value is -1.28. The Balaban J connectivity index is 1.73. The third-order valence-corrected chi connectivity index (χ3v) is 6.35. The maximum absolute atomic E-state index is 10.4. The van der Waals surface area contributed by atoms with Gasteiger partial charge >= 0.3 is 0 Å². The average Bonchev–Trinajstić information content (AvgIpc) is 2.82. The van der Waals surface area contributed by atoms with Gasteiger partial charge in [-0.3, -0.25) is 0 Å². The van der Waals surface area contributed by atoms with E-state index in [0.29, 0.717) is 11.8 Å². The van der Waals surface area contributed by atoms with Crippen LogP contribution in [0.2, 0.25) is 0 Å². The van der Waals surface area contributed by atoms with Crippen LogP contribution in [0.1, 0.15) is 49.7 Å². The fourth-order valence-corrected chi connectivity index (χ4v) is 5.04. The fourth-order valence-electron chi connectivity index (χ4n) is 5.04. The summed E-state index contributed by atoms with van der Waals surface area (Å²) in [5.74, 6) is 2.12. The molecule has 2 fully saturated rings. The van der Waals surface area contributed by atoms with Gasteiger partial charge in [0.1, 0.15) is 5.75 Å². The first-order chi connectivity index (χ1) is 10.1. The molecule has 2 heteroatoms. The Kier molecular flexibility index (Phi) is 2.94. The van der Waals surface area contributed by atoms with E-state index in [9.17, 15) is 5.11 Å². The third kappa shape index (κ3) is 1.81. The number of benzene rings is 1. The Labute approximate surface area is 126 Å². The summed E-state index contributed by atoms with van der Waals surface area (Å²) in [7, 11) is 1.73. The molecule has 0 radical (unpaired) electrons. The van der Waals surface area contributed by atoms with Crippen molar-refractivity contribution in [3.63, 3.8) is 0 Å². The first-order valence-electron chi connectivity index (χ1n) is 8.18. The second-order valence-corrected chi connectivity index (χ2v) is 7.22. The molecule has 3 aliphatic rings. The molecule has 0 amide bonds. The minimum atomic E-state index is -0.110. The lowest BCUT2D eigenvalue weighted by molar-refractivity contribution is 0.0267. The summed E-state index contributed by atoms with van der Waals surface area (Å²) in [6, 6.07) is 6.55. The number of methoxy groups -OCH3 is 1. The summed E-state index contributed by atoms with van der Waals surface area (Å²) < 4.78 is 5.36. The van der Waals surface area contributed by atoms with Gasteiger partial charge in [-0.05, 0) is 61.3 Å². The Morgan fingerprint density at radius 3 is 2.90 bits per heavy atom. The molecule has 1 aromatic rings. The standard InChI is InChI=1S/C19H24O2/c1-19-10-9-15-14-6-4-13(21-2)11-12(14)3-5-16(15)17(19)7-8-18(19)20/h4-6,11,15,17-18,20H,3,7-10H2,1-2H3/t15-,17-,18+,19+/m1/s1. The molecule has 21 heavy (non-hydrogen) atoms.